The summed E-state index contributed by atoms with van der Waals surface area (Å²) in [5, 5.41) is 15.1. The Kier molecular flexibility index (Phi) is 5.06. The monoisotopic (exact) mass is 367 g/mol. The molecule has 2 N–H and O–H groups in total. The molecular weight excluding hydrogens is 351 g/mol. The van der Waals surface area contributed by atoms with E-state index in [1.807, 2.05) is 0 Å². The fraction of sp³-hybridized carbons (Fsp3) is 0.412. The summed E-state index contributed by atoms with van der Waals surface area (Å²) in [4.78, 5) is 11.6. The summed E-state index contributed by atoms with van der Waals surface area (Å²) in [7, 11) is 0. The Labute approximate surface area is 147 Å². The number of ketones is 1. The highest BCUT2D eigenvalue weighted by Crippen LogP contribution is 2.43. The van der Waals surface area contributed by atoms with E-state index in [0.29, 0.717) is 13.0 Å². The SMILES string of the molecule is N#CC1=C(Nc2cccc(C3CCCNC3)c2C(F)(F)F)SCC1=O. The summed E-state index contributed by atoms with van der Waals surface area (Å²) < 4.78 is 41.3. The van der Waals surface area contributed by atoms with Crippen molar-refractivity contribution in [3.63, 3.8) is 0 Å². The molecular formula is C17H16F3N3OS. The molecule has 1 aromatic rings. The second-order valence-corrected chi connectivity index (χ2v) is 6.95. The van der Waals surface area contributed by atoms with E-state index in [-0.39, 0.29) is 39.3 Å². The molecule has 0 spiro atoms. The molecule has 0 bridgehead atoms. The molecule has 1 unspecified atom stereocenters. The van der Waals surface area contributed by atoms with Gasteiger partial charge in [-0.05, 0) is 36.9 Å². The topological polar surface area (TPSA) is 64.9 Å². The van der Waals surface area contributed by atoms with Gasteiger partial charge < -0.3 is 10.6 Å². The highest BCUT2D eigenvalue weighted by atomic mass is 32.2. The number of carbonyl (C=O) groups is 1. The van der Waals surface area contributed by atoms with Crippen molar-refractivity contribution in [2.75, 3.05) is 24.2 Å². The van der Waals surface area contributed by atoms with E-state index in [0.717, 1.165) is 24.7 Å². The van der Waals surface area contributed by atoms with E-state index in [9.17, 15) is 18.0 Å². The summed E-state index contributed by atoms with van der Waals surface area (Å²) in [6.45, 7) is 1.32. The van der Waals surface area contributed by atoms with Gasteiger partial charge in [-0.25, -0.2) is 0 Å². The van der Waals surface area contributed by atoms with Crippen molar-refractivity contribution in [3.8, 4) is 6.07 Å². The number of halogens is 3. The van der Waals surface area contributed by atoms with Crippen LogP contribution in [0.4, 0.5) is 18.9 Å². The van der Waals surface area contributed by atoms with Gasteiger partial charge in [-0.3, -0.25) is 4.79 Å². The van der Waals surface area contributed by atoms with E-state index in [1.165, 1.54) is 12.1 Å². The van der Waals surface area contributed by atoms with Gasteiger partial charge in [0.05, 0.1) is 22.0 Å². The van der Waals surface area contributed by atoms with Crippen molar-refractivity contribution >= 4 is 23.2 Å². The highest BCUT2D eigenvalue weighted by Gasteiger charge is 2.39. The van der Waals surface area contributed by atoms with Gasteiger partial charge in [0.2, 0.25) is 0 Å². The van der Waals surface area contributed by atoms with Crippen molar-refractivity contribution in [1.82, 2.24) is 5.32 Å². The third kappa shape index (κ3) is 3.67. The molecule has 25 heavy (non-hydrogen) atoms. The van der Waals surface area contributed by atoms with Gasteiger partial charge in [-0.2, -0.15) is 18.4 Å². The molecule has 2 heterocycles. The van der Waals surface area contributed by atoms with E-state index in [4.69, 9.17) is 5.26 Å². The van der Waals surface area contributed by atoms with Gasteiger partial charge in [0.1, 0.15) is 11.6 Å². The van der Waals surface area contributed by atoms with Crippen LogP contribution < -0.4 is 10.6 Å². The van der Waals surface area contributed by atoms with E-state index in [1.54, 1.807) is 12.1 Å². The summed E-state index contributed by atoms with van der Waals surface area (Å²) in [6, 6.07) is 6.21. The molecule has 2 aliphatic rings. The lowest BCUT2D eigenvalue weighted by atomic mass is 9.87. The normalized spacial score (nSPS) is 21.4. The number of hydrogen-bond acceptors (Lipinski definition) is 5. The molecule has 0 radical (unpaired) electrons. The number of thioether (sulfide) groups is 1. The van der Waals surface area contributed by atoms with Crippen LogP contribution in [0.25, 0.3) is 0 Å². The predicted octanol–water partition coefficient (Wildman–Crippen LogP) is 3.64. The minimum Gasteiger partial charge on any atom is -0.349 e. The van der Waals surface area contributed by atoms with E-state index < -0.39 is 11.7 Å². The molecule has 1 atom stereocenters. The third-order valence-electron chi connectivity index (χ3n) is 4.33. The van der Waals surface area contributed by atoms with Gasteiger partial charge in [0.25, 0.3) is 0 Å². The lowest BCUT2D eigenvalue weighted by molar-refractivity contribution is -0.137. The molecule has 0 saturated carbocycles. The first-order chi connectivity index (χ1) is 11.9. The zero-order valence-corrected chi connectivity index (χ0v) is 14.1. The second kappa shape index (κ2) is 7.10. The van der Waals surface area contributed by atoms with Crippen molar-refractivity contribution in [3.05, 3.63) is 39.9 Å². The predicted molar refractivity (Wildman–Crippen MR) is 90.0 cm³/mol. The van der Waals surface area contributed by atoms with Crippen LogP contribution >= 0.6 is 11.8 Å². The average molecular weight is 367 g/mol. The van der Waals surface area contributed by atoms with Crippen molar-refractivity contribution in [2.24, 2.45) is 0 Å². The number of carbonyl (C=O) groups excluding carboxylic acids is 1. The molecule has 3 rings (SSSR count). The molecule has 132 valence electrons. The van der Waals surface area contributed by atoms with Crippen LogP contribution in [0.5, 0.6) is 0 Å². The molecule has 1 fully saturated rings. The van der Waals surface area contributed by atoms with Gasteiger partial charge in [0.15, 0.2) is 5.78 Å². The Balaban J connectivity index is 2.03. The summed E-state index contributed by atoms with van der Waals surface area (Å²) >= 11 is 1.06. The van der Waals surface area contributed by atoms with Crippen LogP contribution in [-0.2, 0) is 11.0 Å². The Morgan fingerprint density at radius 2 is 2.16 bits per heavy atom. The molecule has 1 aromatic carbocycles. The van der Waals surface area contributed by atoms with Gasteiger partial charge in [-0.1, -0.05) is 23.9 Å². The first-order valence-corrected chi connectivity index (χ1v) is 8.88. The summed E-state index contributed by atoms with van der Waals surface area (Å²) in [5.41, 5.74) is -0.685. The number of anilines is 1. The van der Waals surface area contributed by atoms with Gasteiger partial charge in [0, 0.05) is 6.54 Å². The average Bonchev–Trinajstić information content (AvgIpc) is 2.94. The molecule has 0 aliphatic carbocycles. The van der Waals surface area contributed by atoms with E-state index >= 15 is 0 Å². The first-order valence-electron chi connectivity index (χ1n) is 7.90. The smallest absolute Gasteiger partial charge is 0.349 e. The highest BCUT2D eigenvalue weighted by molar-refractivity contribution is 8.04. The molecule has 0 aromatic heterocycles. The van der Waals surface area contributed by atoms with Crippen LogP contribution in [0.1, 0.15) is 29.9 Å². The molecule has 8 heteroatoms. The zero-order valence-electron chi connectivity index (χ0n) is 13.2. The van der Waals surface area contributed by atoms with Crippen molar-refractivity contribution < 1.29 is 18.0 Å². The Morgan fingerprint density at radius 1 is 1.36 bits per heavy atom. The maximum Gasteiger partial charge on any atom is 0.418 e. The number of hydrogen-bond donors (Lipinski definition) is 2. The maximum atomic E-state index is 13.8. The zero-order chi connectivity index (χ0) is 18.0. The number of nitriles is 1. The second-order valence-electron chi connectivity index (χ2n) is 5.96. The minimum absolute atomic E-state index is 0.0683. The fourth-order valence-electron chi connectivity index (χ4n) is 3.19. The Hall–Kier alpha value is -1.98. The molecule has 1 saturated heterocycles. The number of allylic oxidation sites excluding steroid dienone is 1. The van der Waals surface area contributed by atoms with Crippen LogP contribution in [0.2, 0.25) is 0 Å². The third-order valence-corrected chi connectivity index (χ3v) is 5.33. The minimum atomic E-state index is -4.53. The van der Waals surface area contributed by atoms with Gasteiger partial charge in [-0.15, -0.1) is 0 Å². The number of alkyl halides is 3. The van der Waals surface area contributed by atoms with Crippen LogP contribution in [0, 0.1) is 11.3 Å². The van der Waals surface area contributed by atoms with Crippen LogP contribution in [0.15, 0.2) is 28.8 Å². The number of piperidine rings is 1. The Bertz CT molecular complexity index is 761. The summed E-state index contributed by atoms with van der Waals surface area (Å²) in [5.74, 6) is -0.510. The maximum absolute atomic E-state index is 13.8. The number of benzene rings is 1. The van der Waals surface area contributed by atoms with Crippen LogP contribution in [0.3, 0.4) is 0 Å². The number of nitrogens with one attached hydrogen (secondary N) is 2. The fourth-order valence-corrected chi connectivity index (χ4v) is 4.10. The first kappa shape index (κ1) is 17.8. The standard InChI is InChI=1S/C17H16F3N3OS/c18-17(19,20)15-11(10-3-2-6-22-8-10)4-1-5-13(15)23-16-12(7-21)14(24)9-25-16/h1,4-5,10,22-23H,2-3,6,8-9H2. The molecule has 4 nitrogen and oxygen atoms in total. The van der Waals surface area contributed by atoms with E-state index in [2.05, 4.69) is 10.6 Å². The quantitative estimate of drug-likeness (QED) is 0.854. The number of Topliss-reactive ketones (excluding diaryl/α,β-unsaturated/α-hetero) is 1. The number of nitrogens with zero attached hydrogens (tertiary/aromatic N) is 1. The van der Waals surface area contributed by atoms with Crippen LogP contribution in [-0.4, -0.2) is 24.6 Å². The molecule has 0 amide bonds. The lowest BCUT2D eigenvalue weighted by Gasteiger charge is -2.27. The molecule has 2 aliphatic heterocycles. The lowest BCUT2D eigenvalue weighted by Crippen LogP contribution is -2.30. The Morgan fingerprint density at radius 3 is 2.80 bits per heavy atom. The van der Waals surface area contributed by atoms with Gasteiger partial charge >= 0.3 is 6.18 Å². The van der Waals surface area contributed by atoms with Crippen molar-refractivity contribution in [1.29, 1.82) is 5.26 Å². The number of rotatable bonds is 3. The largest absolute Gasteiger partial charge is 0.418 e. The van der Waals surface area contributed by atoms with Crippen molar-refractivity contribution in [2.45, 2.75) is 24.9 Å². The summed E-state index contributed by atoms with van der Waals surface area (Å²) in [6.07, 6.45) is -3.01.